The van der Waals surface area contributed by atoms with Crippen LogP contribution in [0, 0.1) is 0 Å². The zero-order valence-corrected chi connectivity index (χ0v) is 13.6. The molecule has 3 rings (SSSR count). The number of nitrogens with zero attached hydrogens (tertiary/aromatic N) is 2. The van der Waals surface area contributed by atoms with E-state index in [0.717, 1.165) is 32.7 Å². The molecule has 2 aromatic carbocycles. The van der Waals surface area contributed by atoms with Crippen LogP contribution in [0.2, 0.25) is 0 Å². The van der Waals surface area contributed by atoms with E-state index in [4.69, 9.17) is 10.5 Å². The van der Waals surface area contributed by atoms with Crippen molar-refractivity contribution < 1.29 is 4.74 Å². The highest BCUT2D eigenvalue weighted by molar-refractivity contribution is 7.99. The van der Waals surface area contributed by atoms with E-state index in [0.29, 0.717) is 6.42 Å². The Labute approximate surface area is 139 Å². The Balaban J connectivity index is 1.72. The largest absolute Gasteiger partial charge is 0.497 e. The Bertz CT molecular complexity index is 773. The molecule has 0 bridgehead atoms. The van der Waals surface area contributed by atoms with Gasteiger partial charge in [0.2, 0.25) is 0 Å². The number of methoxy groups -OCH3 is 1. The van der Waals surface area contributed by atoms with Crippen molar-refractivity contribution in [3.8, 4) is 5.75 Å². The Morgan fingerprint density at radius 2 is 1.74 bits per heavy atom. The number of benzene rings is 2. The highest BCUT2D eigenvalue weighted by atomic mass is 32.2. The molecule has 0 spiro atoms. The van der Waals surface area contributed by atoms with Crippen LogP contribution in [0.15, 0.2) is 70.7 Å². The van der Waals surface area contributed by atoms with Gasteiger partial charge in [-0.1, -0.05) is 23.9 Å². The fourth-order valence-electron chi connectivity index (χ4n) is 2.10. The molecule has 23 heavy (non-hydrogen) atoms. The van der Waals surface area contributed by atoms with Crippen molar-refractivity contribution in [2.45, 2.75) is 16.3 Å². The van der Waals surface area contributed by atoms with Gasteiger partial charge in [-0.05, 0) is 48.0 Å². The maximum absolute atomic E-state index is 5.71. The van der Waals surface area contributed by atoms with Crippen LogP contribution in [0.25, 0.3) is 0 Å². The highest BCUT2D eigenvalue weighted by Gasteiger charge is 2.04. The van der Waals surface area contributed by atoms with Crippen molar-refractivity contribution in [1.29, 1.82) is 0 Å². The van der Waals surface area contributed by atoms with Gasteiger partial charge in [-0.3, -0.25) is 0 Å². The summed E-state index contributed by atoms with van der Waals surface area (Å²) in [6, 6.07) is 17.6. The average molecular weight is 323 g/mol. The lowest BCUT2D eigenvalue weighted by molar-refractivity contribution is 0.414. The number of nitrogens with two attached hydrogens (primary N) is 1. The Morgan fingerprint density at radius 1 is 1.00 bits per heavy atom. The molecule has 116 valence electrons. The van der Waals surface area contributed by atoms with E-state index in [1.807, 2.05) is 54.6 Å². The summed E-state index contributed by atoms with van der Waals surface area (Å²) in [4.78, 5) is 10.1. The summed E-state index contributed by atoms with van der Waals surface area (Å²) in [6.45, 7) is 0. The number of anilines is 1. The molecule has 1 heterocycles. The molecule has 0 aliphatic rings. The van der Waals surface area contributed by atoms with Gasteiger partial charge in [0.25, 0.3) is 0 Å². The van der Waals surface area contributed by atoms with E-state index in [1.54, 1.807) is 25.1 Å². The first kappa shape index (κ1) is 15.4. The molecule has 0 amide bonds. The van der Waals surface area contributed by atoms with Gasteiger partial charge in [0.05, 0.1) is 7.11 Å². The number of aromatic nitrogens is 2. The minimum Gasteiger partial charge on any atom is -0.497 e. The Hall–Kier alpha value is -2.53. The van der Waals surface area contributed by atoms with E-state index in [1.165, 1.54) is 0 Å². The third kappa shape index (κ3) is 4.23. The molecule has 5 heteroatoms. The Kier molecular flexibility index (Phi) is 4.78. The van der Waals surface area contributed by atoms with Crippen LogP contribution in [0.3, 0.4) is 0 Å². The van der Waals surface area contributed by atoms with E-state index >= 15 is 0 Å². The SMILES string of the molecule is COc1ccc(Cc2nccc(Sc3ccc(N)cc3)n2)cc1. The van der Waals surface area contributed by atoms with Crippen LogP contribution < -0.4 is 10.5 Å². The summed E-state index contributed by atoms with van der Waals surface area (Å²) >= 11 is 1.60. The summed E-state index contributed by atoms with van der Waals surface area (Å²) in [5.41, 5.74) is 7.62. The molecule has 0 saturated carbocycles. The lowest BCUT2D eigenvalue weighted by Gasteiger charge is -2.05. The molecule has 0 radical (unpaired) electrons. The molecule has 1 aromatic heterocycles. The average Bonchev–Trinajstić information content (AvgIpc) is 2.58. The van der Waals surface area contributed by atoms with Crippen LogP contribution in [0.4, 0.5) is 5.69 Å². The van der Waals surface area contributed by atoms with Gasteiger partial charge in [-0.25, -0.2) is 9.97 Å². The maximum Gasteiger partial charge on any atom is 0.133 e. The first-order valence-electron chi connectivity index (χ1n) is 7.21. The minimum absolute atomic E-state index is 0.695. The second-order valence-corrected chi connectivity index (χ2v) is 6.10. The highest BCUT2D eigenvalue weighted by Crippen LogP contribution is 2.26. The lowest BCUT2D eigenvalue weighted by Crippen LogP contribution is -1.97. The third-order valence-electron chi connectivity index (χ3n) is 3.30. The summed E-state index contributed by atoms with van der Waals surface area (Å²) in [6.07, 6.45) is 2.49. The molecule has 3 aromatic rings. The topological polar surface area (TPSA) is 61.0 Å². The number of nitrogen functional groups attached to an aromatic ring is 1. The van der Waals surface area contributed by atoms with Gasteiger partial charge in [0.15, 0.2) is 0 Å². The maximum atomic E-state index is 5.71. The number of hydrogen-bond acceptors (Lipinski definition) is 5. The van der Waals surface area contributed by atoms with Gasteiger partial charge >= 0.3 is 0 Å². The minimum atomic E-state index is 0.695. The van der Waals surface area contributed by atoms with E-state index in [-0.39, 0.29) is 0 Å². The quantitative estimate of drug-likeness (QED) is 0.571. The van der Waals surface area contributed by atoms with Gasteiger partial charge in [-0.15, -0.1) is 0 Å². The smallest absolute Gasteiger partial charge is 0.133 e. The number of hydrogen-bond donors (Lipinski definition) is 1. The van der Waals surface area contributed by atoms with Crippen LogP contribution in [0.5, 0.6) is 5.75 Å². The second-order valence-electron chi connectivity index (χ2n) is 5.01. The molecule has 0 atom stereocenters. The van der Waals surface area contributed by atoms with Crippen molar-refractivity contribution in [2.24, 2.45) is 0 Å². The van der Waals surface area contributed by atoms with Crippen LogP contribution in [0.1, 0.15) is 11.4 Å². The van der Waals surface area contributed by atoms with Crippen molar-refractivity contribution in [2.75, 3.05) is 12.8 Å². The van der Waals surface area contributed by atoms with Crippen LogP contribution in [-0.4, -0.2) is 17.1 Å². The van der Waals surface area contributed by atoms with Gasteiger partial charge < -0.3 is 10.5 Å². The first-order valence-corrected chi connectivity index (χ1v) is 8.03. The van der Waals surface area contributed by atoms with Crippen LogP contribution >= 0.6 is 11.8 Å². The molecule has 0 aliphatic heterocycles. The lowest BCUT2D eigenvalue weighted by atomic mass is 10.1. The predicted molar refractivity (Wildman–Crippen MR) is 92.8 cm³/mol. The first-order chi connectivity index (χ1) is 11.2. The molecular weight excluding hydrogens is 306 g/mol. The van der Waals surface area contributed by atoms with Crippen molar-refractivity contribution in [1.82, 2.24) is 9.97 Å². The molecular formula is C18H17N3OS. The summed E-state index contributed by atoms with van der Waals surface area (Å²) in [7, 11) is 1.66. The zero-order valence-electron chi connectivity index (χ0n) is 12.8. The summed E-state index contributed by atoms with van der Waals surface area (Å²) in [5, 5.41) is 0.924. The fraction of sp³-hybridized carbons (Fsp3) is 0.111. The number of ether oxygens (including phenoxy) is 1. The third-order valence-corrected chi connectivity index (χ3v) is 4.25. The second kappa shape index (κ2) is 7.15. The summed E-state index contributed by atoms with van der Waals surface area (Å²) in [5.74, 6) is 1.65. The van der Waals surface area contributed by atoms with Crippen molar-refractivity contribution in [3.05, 3.63) is 72.2 Å². The van der Waals surface area contributed by atoms with Crippen LogP contribution in [-0.2, 0) is 6.42 Å². The van der Waals surface area contributed by atoms with E-state index in [2.05, 4.69) is 9.97 Å². The summed E-state index contributed by atoms with van der Waals surface area (Å²) < 4.78 is 5.17. The van der Waals surface area contributed by atoms with Gasteiger partial charge in [-0.2, -0.15) is 0 Å². The molecule has 4 nitrogen and oxygen atoms in total. The molecule has 0 saturated heterocycles. The monoisotopic (exact) mass is 323 g/mol. The Morgan fingerprint density at radius 3 is 2.43 bits per heavy atom. The molecule has 0 unspecified atom stereocenters. The van der Waals surface area contributed by atoms with E-state index < -0.39 is 0 Å². The zero-order chi connectivity index (χ0) is 16.1. The van der Waals surface area contributed by atoms with Crippen molar-refractivity contribution >= 4 is 17.4 Å². The predicted octanol–water partition coefficient (Wildman–Crippen LogP) is 3.81. The molecule has 2 N–H and O–H groups in total. The molecule has 0 aliphatic carbocycles. The van der Waals surface area contributed by atoms with E-state index in [9.17, 15) is 0 Å². The molecule has 0 fully saturated rings. The standard InChI is InChI=1S/C18H17N3OS/c1-22-15-6-2-13(3-7-15)12-17-20-11-10-18(21-17)23-16-8-4-14(19)5-9-16/h2-11H,12,19H2,1H3. The van der Waals surface area contributed by atoms with Gasteiger partial charge in [0, 0.05) is 23.2 Å². The van der Waals surface area contributed by atoms with Crippen molar-refractivity contribution in [3.63, 3.8) is 0 Å². The fourth-order valence-corrected chi connectivity index (χ4v) is 2.90. The normalized spacial score (nSPS) is 10.5. The number of rotatable bonds is 5. The van der Waals surface area contributed by atoms with Gasteiger partial charge in [0.1, 0.15) is 16.6 Å².